The van der Waals surface area contributed by atoms with Crippen LogP contribution in [0.15, 0.2) is 76.7 Å². The van der Waals surface area contributed by atoms with Crippen LogP contribution in [0.2, 0.25) is 10.0 Å². The average molecular weight is 550 g/mol. The van der Waals surface area contributed by atoms with Crippen molar-refractivity contribution in [3.63, 3.8) is 0 Å². The van der Waals surface area contributed by atoms with E-state index in [2.05, 4.69) is 10.5 Å². The number of carbonyl (C=O) groups is 1. The van der Waals surface area contributed by atoms with Crippen LogP contribution in [0, 0.1) is 0 Å². The molecule has 0 aromatic heterocycles. The third kappa shape index (κ3) is 7.20. The van der Waals surface area contributed by atoms with Gasteiger partial charge in [0, 0.05) is 11.6 Å². The summed E-state index contributed by atoms with van der Waals surface area (Å²) in [6.07, 6.45) is 1.42. The highest BCUT2D eigenvalue weighted by Crippen LogP contribution is 2.29. The van der Waals surface area contributed by atoms with Gasteiger partial charge in [0.2, 0.25) is 10.0 Å². The second kappa shape index (κ2) is 12.7. The Bertz CT molecular complexity index is 1330. The van der Waals surface area contributed by atoms with E-state index in [0.717, 1.165) is 4.31 Å². The Hall–Kier alpha value is -3.11. The number of nitrogens with one attached hydrogen (secondary N) is 1. The lowest BCUT2D eigenvalue weighted by atomic mass is 10.2. The van der Waals surface area contributed by atoms with E-state index in [0.29, 0.717) is 29.2 Å². The second-order valence-corrected chi connectivity index (χ2v) is 10.2. The number of sulfonamides is 1. The fourth-order valence-electron chi connectivity index (χ4n) is 3.24. The normalized spacial score (nSPS) is 11.6. The topological polar surface area (TPSA) is 97.3 Å². The van der Waals surface area contributed by atoms with E-state index in [1.54, 1.807) is 42.5 Å². The largest absolute Gasteiger partial charge is 0.493 e. The molecule has 3 rings (SSSR count). The van der Waals surface area contributed by atoms with Gasteiger partial charge in [0.1, 0.15) is 4.90 Å². The Morgan fingerprint density at radius 2 is 1.81 bits per heavy atom. The van der Waals surface area contributed by atoms with Crippen molar-refractivity contribution < 1.29 is 22.7 Å². The Morgan fingerprint density at radius 1 is 1.06 bits per heavy atom. The first-order valence-corrected chi connectivity index (χ1v) is 13.1. The third-order valence-corrected chi connectivity index (χ3v) is 7.43. The zero-order valence-corrected chi connectivity index (χ0v) is 22.0. The molecule has 0 aliphatic rings. The molecule has 3 aromatic rings. The van der Waals surface area contributed by atoms with E-state index in [9.17, 15) is 13.2 Å². The number of halogens is 2. The standard InChI is InChI=1S/C25H25Cl2N3O5S/c1-3-35-22-12-9-19(13-23(22)34-2)15-28-29-25(31)17-30(16-18-7-5-4-6-8-18)36(32,33)24-14-20(26)10-11-21(24)27/h4-15H,3,16-17H2,1-2H3,(H,29,31)/b28-15-. The maximum atomic E-state index is 13.4. The van der Waals surface area contributed by atoms with Gasteiger partial charge in [-0.2, -0.15) is 9.41 Å². The number of ether oxygens (including phenoxy) is 2. The highest BCUT2D eigenvalue weighted by Gasteiger charge is 2.29. The van der Waals surface area contributed by atoms with E-state index in [1.807, 2.05) is 13.0 Å². The summed E-state index contributed by atoms with van der Waals surface area (Å²) in [4.78, 5) is 12.5. The van der Waals surface area contributed by atoms with E-state index in [1.165, 1.54) is 31.5 Å². The summed E-state index contributed by atoms with van der Waals surface area (Å²) in [7, 11) is -2.65. The van der Waals surface area contributed by atoms with Crippen molar-refractivity contribution in [2.24, 2.45) is 5.10 Å². The molecule has 0 aliphatic carbocycles. The molecule has 0 spiro atoms. The van der Waals surface area contributed by atoms with Gasteiger partial charge in [0.15, 0.2) is 11.5 Å². The van der Waals surface area contributed by atoms with Crippen molar-refractivity contribution in [2.75, 3.05) is 20.3 Å². The van der Waals surface area contributed by atoms with Gasteiger partial charge in [-0.1, -0.05) is 53.5 Å². The molecule has 0 fully saturated rings. The van der Waals surface area contributed by atoms with Gasteiger partial charge >= 0.3 is 0 Å². The number of amides is 1. The fourth-order valence-corrected chi connectivity index (χ4v) is 5.36. The maximum Gasteiger partial charge on any atom is 0.255 e. The van der Waals surface area contributed by atoms with Gasteiger partial charge in [-0.15, -0.1) is 0 Å². The van der Waals surface area contributed by atoms with E-state index in [-0.39, 0.29) is 21.5 Å². The van der Waals surface area contributed by atoms with Crippen molar-refractivity contribution in [2.45, 2.75) is 18.4 Å². The molecule has 36 heavy (non-hydrogen) atoms. The zero-order valence-electron chi connectivity index (χ0n) is 19.6. The van der Waals surface area contributed by atoms with Crippen LogP contribution >= 0.6 is 23.2 Å². The van der Waals surface area contributed by atoms with E-state index in [4.69, 9.17) is 32.7 Å². The monoisotopic (exact) mass is 549 g/mol. The number of hydrogen-bond acceptors (Lipinski definition) is 6. The lowest BCUT2D eigenvalue weighted by molar-refractivity contribution is -0.121. The Kier molecular flexibility index (Phi) is 9.72. The molecule has 3 aromatic carbocycles. The first-order valence-electron chi connectivity index (χ1n) is 10.9. The summed E-state index contributed by atoms with van der Waals surface area (Å²) in [6.45, 7) is 1.80. The Balaban J connectivity index is 1.79. The van der Waals surface area contributed by atoms with Crippen molar-refractivity contribution in [1.82, 2.24) is 9.73 Å². The van der Waals surface area contributed by atoms with Gasteiger partial charge in [0.05, 0.1) is 31.5 Å². The summed E-state index contributed by atoms with van der Waals surface area (Å²) in [5, 5.41) is 4.16. The fraction of sp³-hybridized carbons (Fsp3) is 0.200. The molecule has 1 N–H and O–H groups in total. The number of methoxy groups -OCH3 is 1. The molecule has 0 unspecified atom stereocenters. The first-order chi connectivity index (χ1) is 17.2. The summed E-state index contributed by atoms with van der Waals surface area (Å²) < 4.78 is 38.7. The minimum Gasteiger partial charge on any atom is -0.493 e. The molecule has 0 saturated heterocycles. The van der Waals surface area contributed by atoms with Crippen LogP contribution in [-0.2, 0) is 21.4 Å². The summed E-state index contributed by atoms with van der Waals surface area (Å²) >= 11 is 12.2. The lowest BCUT2D eigenvalue weighted by Gasteiger charge is -2.22. The highest BCUT2D eigenvalue weighted by molar-refractivity contribution is 7.89. The van der Waals surface area contributed by atoms with Crippen LogP contribution in [0.5, 0.6) is 11.5 Å². The van der Waals surface area contributed by atoms with E-state index < -0.39 is 22.5 Å². The third-order valence-electron chi connectivity index (χ3n) is 4.92. The number of hydrazone groups is 1. The summed E-state index contributed by atoms with van der Waals surface area (Å²) in [5.41, 5.74) is 3.71. The Labute approximate surface area is 220 Å². The lowest BCUT2D eigenvalue weighted by Crippen LogP contribution is -2.39. The molecule has 1 amide bonds. The summed E-state index contributed by atoms with van der Waals surface area (Å²) in [6, 6.07) is 18.2. The first kappa shape index (κ1) is 27.5. The van der Waals surface area contributed by atoms with Gasteiger partial charge in [-0.05, 0) is 54.4 Å². The molecule has 0 aliphatic heterocycles. The molecule has 0 bridgehead atoms. The molecular weight excluding hydrogens is 525 g/mol. The number of rotatable bonds is 11. The quantitative estimate of drug-likeness (QED) is 0.275. The van der Waals surface area contributed by atoms with Crippen LogP contribution in [0.25, 0.3) is 0 Å². The van der Waals surface area contributed by atoms with Crippen LogP contribution in [0.3, 0.4) is 0 Å². The minimum atomic E-state index is -4.17. The average Bonchev–Trinajstić information content (AvgIpc) is 2.86. The summed E-state index contributed by atoms with van der Waals surface area (Å²) in [5.74, 6) is 0.468. The molecule has 190 valence electrons. The molecule has 0 saturated carbocycles. The van der Waals surface area contributed by atoms with Gasteiger partial charge in [-0.25, -0.2) is 13.8 Å². The number of hydrogen-bond donors (Lipinski definition) is 1. The second-order valence-electron chi connectivity index (χ2n) is 7.47. The molecule has 0 heterocycles. The predicted octanol–water partition coefficient (Wildman–Crippen LogP) is 4.74. The predicted molar refractivity (Wildman–Crippen MR) is 140 cm³/mol. The number of nitrogens with zero attached hydrogens (tertiary/aromatic N) is 2. The minimum absolute atomic E-state index is 0.000312. The van der Waals surface area contributed by atoms with Crippen LogP contribution in [0.1, 0.15) is 18.1 Å². The molecule has 0 radical (unpaired) electrons. The van der Waals surface area contributed by atoms with Gasteiger partial charge in [0.25, 0.3) is 5.91 Å². The smallest absolute Gasteiger partial charge is 0.255 e. The zero-order chi connectivity index (χ0) is 26.1. The molecule has 11 heteroatoms. The van der Waals surface area contributed by atoms with Crippen molar-refractivity contribution in [3.05, 3.63) is 87.9 Å². The van der Waals surface area contributed by atoms with Crippen LogP contribution in [0.4, 0.5) is 0 Å². The molecule has 8 nitrogen and oxygen atoms in total. The van der Waals surface area contributed by atoms with Gasteiger partial charge in [-0.3, -0.25) is 4.79 Å². The van der Waals surface area contributed by atoms with Crippen molar-refractivity contribution in [1.29, 1.82) is 0 Å². The number of carbonyl (C=O) groups excluding carboxylic acids is 1. The molecule has 0 atom stereocenters. The van der Waals surface area contributed by atoms with Gasteiger partial charge < -0.3 is 9.47 Å². The maximum absolute atomic E-state index is 13.4. The van der Waals surface area contributed by atoms with Crippen molar-refractivity contribution >= 4 is 45.3 Å². The Morgan fingerprint density at radius 3 is 2.50 bits per heavy atom. The van der Waals surface area contributed by atoms with E-state index >= 15 is 0 Å². The number of benzene rings is 3. The van der Waals surface area contributed by atoms with Crippen molar-refractivity contribution in [3.8, 4) is 11.5 Å². The van der Waals surface area contributed by atoms with Crippen LogP contribution < -0.4 is 14.9 Å². The van der Waals surface area contributed by atoms with Crippen LogP contribution in [-0.4, -0.2) is 45.1 Å². The molecular formula is C25H25Cl2N3O5S. The SMILES string of the molecule is CCOc1ccc(/C=N\NC(=O)CN(Cc2ccccc2)S(=O)(=O)c2cc(Cl)ccc2Cl)cc1OC. The highest BCUT2D eigenvalue weighted by atomic mass is 35.5.